The Bertz CT molecular complexity index is 723. The number of aromatic nitrogens is 3. The molecule has 3 rings (SSSR count). The number of benzene rings is 1. The van der Waals surface area contributed by atoms with E-state index in [1.165, 1.54) is 0 Å². The molecule has 1 aromatic carbocycles. The predicted octanol–water partition coefficient (Wildman–Crippen LogP) is 4.02. The van der Waals surface area contributed by atoms with Crippen molar-refractivity contribution < 1.29 is 4.42 Å². The molecule has 0 unspecified atom stereocenters. The van der Waals surface area contributed by atoms with Crippen LogP contribution in [0.15, 0.2) is 52.5 Å². The SMILES string of the molecule is Cn1ccnc1SCc1coc(-c2cccc(Cl)c2)n1. The summed E-state index contributed by atoms with van der Waals surface area (Å²) in [5.74, 6) is 1.30. The smallest absolute Gasteiger partial charge is 0.226 e. The van der Waals surface area contributed by atoms with Gasteiger partial charge in [0.1, 0.15) is 6.26 Å². The molecule has 2 heterocycles. The zero-order chi connectivity index (χ0) is 13.9. The molecule has 2 aromatic heterocycles. The first-order valence-corrected chi connectivity index (χ1v) is 7.39. The van der Waals surface area contributed by atoms with Crippen molar-refractivity contribution in [3.8, 4) is 11.5 Å². The lowest BCUT2D eigenvalue weighted by Crippen LogP contribution is -1.90. The van der Waals surface area contributed by atoms with Gasteiger partial charge in [0.2, 0.25) is 5.89 Å². The summed E-state index contributed by atoms with van der Waals surface area (Å²) in [4.78, 5) is 8.73. The Morgan fingerprint density at radius 1 is 1.40 bits per heavy atom. The maximum Gasteiger partial charge on any atom is 0.226 e. The largest absolute Gasteiger partial charge is 0.444 e. The third-order valence-electron chi connectivity index (χ3n) is 2.75. The van der Waals surface area contributed by atoms with Crippen LogP contribution in [0, 0.1) is 0 Å². The Labute approximate surface area is 125 Å². The fraction of sp³-hybridized carbons (Fsp3) is 0.143. The minimum atomic E-state index is 0.586. The van der Waals surface area contributed by atoms with Crippen molar-refractivity contribution in [2.75, 3.05) is 0 Å². The second-order valence-electron chi connectivity index (χ2n) is 4.26. The van der Waals surface area contributed by atoms with Crippen molar-refractivity contribution in [3.63, 3.8) is 0 Å². The third-order valence-corrected chi connectivity index (χ3v) is 4.08. The van der Waals surface area contributed by atoms with E-state index in [-0.39, 0.29) is 0 Å². The average Bonchev–Trinajstić information content (AvgIpc) is 3.05. The van der Waals surface area contributed by atoms with Gasteiger partial charge in [0.15, 0.2) is 5.16 Å². The average molecular weight is 306 g/mol. The highest BCUT2D eigenvalue weighted by Gasteiger charge is 2.08. The van der Waals surface area contributed by atoms with E-state index in [1.807, 2.05) is 42.1 Å². The summed E-state index contributed by atoms with van der Waals surface area (Å²) < 4.78 is 7.47. The molecule has 102 valence electrons. The van der Waals surface area contributed by atoms with Crippen LogP contribution in [0.4, 0.5) is 0 Å². The molecule has 6 heteroatoms. The van der Waals surface area contributed by atoms with Crippen molar-refractivity contribution >= 4 is 23.4 Å². The van der Waals surface area contributed by atoms with Gasteiger partial charge in [-0.1, -0.05) is 29.4 Å². The monoisotopic (exact) mass is 305 g/mol. The maximum atomic E-state index is 5.96. The maximum absolute atomic E-state index is 5.96. The van der Waals surface area contributed by atoms with E-state index in [9.17, 15) is 0 Å². The van der Waals surface area contributed by atoms with Crippen LogP contribution >= 0.6 is 23.4 Å². The molecule has 4 nitrogen and oxygen atoms in total. The summed E-state index contributed by atoms with van der Waals surface area (Å²) in [6, 6.07) is 7.46. The second kappa shape index (κ2) is 5.73. The van der Waals surface area contributed by atoms with Gasteiger partial charge in [0, 0.05) is 35.8 Å². The number of rotatable bonds is 4. The number of oxazole rings is 1. The summed E-state index contributed by atoms with van der Waals surface area (Å²) in [6.07, 6.45) is 5.37. The summed E-state index contributed by atoms with van der Waals surface area (Å²) >= 11 is 7.58. The zero-order valence-corrected chi connectivity index (χ0v) is 12.4. The Kier molecular flexibility index (Phi) is 3.80. The van der Waals surface area contributed by atoms with Gasteiger partial charge in [-0.3, -0.25) is 0 Å². The summed E-state index contributed by atoms with van der Waals surface area (Å²) in [5, 5.41) is 1.63. The normalized spacial score (nSPS) is 10.9. The van der Waals surface area contributed by atoms with Crippen molar-refractivity contribution in [1.82, 2.24) is 14.5 Å². The van der Waals surface area contributed by atoms with Gasteiger partial charge in [0.05, 0.1) is 5.69 Å². The van der Waals surface area contributed by atoms with Crippen LogP contribution in [0.1, 0.15) is 5.69 Å². The number of nitrogens with zero attached hydrogens (tertiary/aromatic N) is 3. The van der Waals surface area contributed by atoms with E-state index in [0.29, 0.717) is 10.9 Å². The summed E-state index contributed by atoms with van der Waals surface area (Å²) in [5.41, 5.74) is 1.76. The van der Waals surface area contributed by atoms with Crippen LogP contribution in [-0.2, 0) is 12.8 Å². The zero-order valence-electron chi connectivity index (χ0n) is 10.8. The highest BCUT2D eigenvalue weighted by molar-refractivity contribution is 7.98. The van der Waals surface area contributed by atoms with Gasteiger partial charge >= 0.3 is 0 Å². The van der Waals surface area contributed by atoms with Crippen LogP contribution in [0.3, 0.4) is 0 Å². The van der Waals surface area contributed by atoms with Crippen LogP contribution in [0.25, 0.3) is 11.5 Å². The van der Waals surface area contributed by atoms with Crippen molar-refractivity contribution in [3.05, 3.63) is 53.6 Å². The quantitative estimate of drug-likeness (QED) is 0.683. The van der Waals surface area contributed by atoms with Gasteiger partial charge in [-0.25, -0.2) is 9.97 Å². The molecule has 20 heavy (non-hydrogen) atoms. The van der Waals surface area contributed by atoms with Crippen molar-refractivity contribution in [2.45, 2.75) is 10.9 Å². The lowest BCUT2D eigenvalue weighted by molar-refractivity contribution is 0.573. The molecular weight excluding hydrogens is 294 g/mol. The number of imidazole rings is 1. The molecule has 0 amide bonds. The van der Waals surface area contributed by atoms with Crippen molar-refractivity contribution in [2.24, 2.45) is 7.05 Å². The highest BCUT2D eigenvalue weighted by Crippen LogP contribution is 2.25. The van der Waals surface area contributed by atoms with Crippen LogP contribution in [-0.4, -0.2) is 14.5 Å². The molecule has 0 N–H and O–H groups in total. The van der Waals surface area contributed by atoms with Gasteiger partial charge < -0.3 is 8.98 Å². The van der Waals surface area contributed by atoms with Gasteiger partial charge in [-0.2, -0.15) is 0 Å². The highest BCUT2D eigenvalue weighted by atomic mass is 35.5. The first-order chi connectivity index (χ1) is 9.72. The minimum absolute atomic E-state index is 0.586. The molecule has 0 saturated heterocycles. The first-order valence-electron chi connectivity index (χ1n) is 6.03. The molecular formula is C14H12ClN3OS. The molecule has 0 aliphatic heterocycles. The first kappa shape index (κ1) is 13.3. The molecule has 3 aromatic rings. The Morgan fingerprint density at radius 3 is 3.05 bits per heavy atom. The van der Waals surface area contributed by atoms with E-state index >= 15 is 0 Å². The van der Waals surface area contributed by atoms with Crippen LogP contribution < -0.4 is 0 Å². The number of hydrogen-bond acceptors (Lipinski definition) is 4. The number of hydrogen-bond donors (Lipinski definition) is 0. The molecule has 0 spiro atoms. The lowest BCUT2D eigenvalue weighted by atomic mass is 10.2. The Morgan fingerprint density at radius 2 is 2.30 bits per heavy atom. The molecule has 0 aliphatic carbocycles. The third kappa shape index (κ3) is 2.89. The van der Waals surface area contributed by atoms with Gasteiger partial charge in [-0.15, -0.1) is 0 Å². The van der Waals surface area contributed by atoms with Crippen LogP contribution in [0.2, 0.25) is 5.02 Å². The van der Waals surface area contributed by atoms with E-state index in [1.54, 1.807) is 24.2 Å². The molecule has 0 fully saturated rings. The molecule has 0 bridgehead atoms. The van der Waals surface area contributed by atoms with Gasteiger partial charge in [0.25, 0.3) is 0 Å². The number of aryl methyl sites for hydroxylation is 1. The number of thioether (sulfide) groups is 1. The molecule has 0 atom stereocenters. The molecule has 0 saturated carbocycles. The number of halogens is 1. The topological polar surface area (TPSA) is 43.9 Å². The standard InChI is InChI=1S/C14H12ClN3OS/c1-18-6-5-16-14(18)20-9-12-8-19-13(17-12)10-3-2-4-11(15)7-10/h2-8H,9H2,1H3. The predicted molar refractivity (Wildman–Crippen MR) is 79.7 cm³/mol. The van der Waals surface area contributed by atoms with E-state index in [2.05, 4.69) is 9.97 Å². The minimum Gasteiger partial charge on any atom is -0.444 e. The lowest BCUT2D eigenvalue weighted by Gasteiger charge is -1.98. The van der Waals surface area contributed by atoms with E-state index < -0.39 is 0 Å². The van der Waals surface area contributed by atoms with E-state index in [0.717, 1.165) is 22.2 Å². The molecule has 0 radical (unpaired) electrons. The van der Waals surface area contributed by atoms with Crippen LogP contribution in [0.5, 0.6) is 0 Å². The fourth-order valence-electron chi connectivity index (χ4n) is 1.76. The van der Waals surface area contributed by atoms with Crippen molar-refractivity contribution in [1.29, 1.82) is 0 Å². The second-order valence-corrected chi connectivity index (χ2v) is 5.64. The van der Waals surface area contributed by atoms with Gasteiger partial charge in [-0.05, 0) is 18.2 Å². The molecule has 0 aliphatic rings. The van der Waals surface area contributed by atoms with E-state index in [4.69, 9.17) is 16.0 Å². The Balaban J connectivity index is 1.72. The fourth-order valence-corrected chi connectivity index (χ4v) is 2.76. The summed E-state index contributed by atoms with van der Waals surface area (Å²) in [6.45, 7) is 0. The Hall–Kier alpha value is -1.72. The summed E-state index contributed by atoms with van der Waals surface area (Å²) in [7, 11) is 1.97.